The maximum Gasteiger partial charge on any atom is 0.0635 e. The minimum atomic E-state index is 0.652. The molecule has 0 bridgehead atoms. The third kappa shape index (κ3) is 2.80. The second-order valence-electron chi connectivity index (χ2n) is 3.32. The highest BCUT2D eigenvalue weighted by Crippen LogP contribution is 2.15. The maximum atomic E-state index is 8.39. The lowest BCUT2D eigenvalue weighted by molar-refractivity contribution is 0.153. The summed E-state index contributed by atoms with van der Waals surface area (Å²) in [5, 5.41) is 8.39. The lowest BCUT2D eigenvalue weighted by Crippen LogP contribution is -2.22. The van der Waals surface area contributed by atoms with Crippen LogP contribution in [0.25, 0.3) is 0 Å². The van der Waals surface area contributed by atoms with Gasteiger partial charge in [0.05, 0.1) is 12.7 Å². The Hall–Kier alpha value is -0.590. The van der Waals surface area contributed by atoms with Crippen LogP contribution < -0.4 is 0 Å². The van der Waals surface area contributed by atoms with Gasteiger partial charge in [-0.05, 0) is 18.9 Å². The molecule has 3 heteroatoms. The predicted octanol–water partition coefficient (Wildman–Crippen LogP) is 0.868. The van der Waals surface area contributed by atoms with Gasteiger partial charge in [0.15, 0.2) is 0 Å². The molecule has 3 nitrogen and oxygen atoms in total. The van der Waals surface area contributed by atoms with Gasteiger partial charge in [0, 0.05) is 26.6 Å². The molecule has 0 aromatic heterocycles. The molecular weight excluding hydrogens is 152 g/mol. The molecule has 0 spiro atoms. The molecule has 0 radical (unpaired) electrons. The van der Waals surface area contributed by atoms with Gasteiger partial charge in [-0.15, -0.1) is 0 Å². The van der Waals surface area contributed by atoms with Gasteiger partial charge in [-0.1, -0.05) is 0 Å². The van der Waals surface area contributed by atoms with Gasteiger partial charge in [0.25, 0.3) is 0 Å². The highest BCUT2D eigenvalue weighted by Gasteiger charge is 2.21. The Morgan fingerprint density at radius 2 is 2.50 bits per heavy atom. The summed E-state index contributed by atoms with van der Waals surface area (Å²) in [4.78, 5) is 2.34. The molecule has 1 unspecified atom stereocenters. The third-order valence-electron chi connectivity index (χ3n) is 2.31. The summed E-state index contributed by atoms with van der Waals surface area (Å²) in [6.07, 6.45) is 1.87. The largest absolute Gasteiger partial charge is 0.384 e. The lowest BCUT2D eigenvalue weighted by Gasteiger charge is -2.13. The molecule has 1 fully saturated rings. The SMILES string of the molecule is COCC1CCN(CCC#N)C1. The molecule has 1 atom stereocenters. The Morgan fingerprint density at radius 1 is 1.67 bits per heavy atom. The molecule has 0 aliphatic carbocycles. The molecule has 0 saturated carbocycles. The molecule has 0 aromatic rings. The minimum absolute atomic E-state index is 0.652. The van der Waals surface area contributed by atoms with Crippen molar-refractivity contribution in [2.75, 3.05) is 33.4 Å². The molecule has 0 amide bonds. The van der Waals surface area contributed by atoms with Crippen molar-refractivity contribution in [3.63, 3.8) is 0 Å². The van der Waals surface area contributed by atoms with E-state index in [0.717, 1.165) is 26.2 Å². The maximum absolute atomic E-state index is 8.39. The molecular formula is C9H16N2O. The van der Waals surface area contributed by atoms with Crippen LogP contribution in [-0.2, 0) is 4.74 Å². The van der Waals surface area contributed by atoms with Crippen LogP contribution in [0.4, 0.5) is 0 Å². The quantitative estimate of drug-likeness (QED) is 0.625. The van der Waals surface area contributed by atoms with Crippen LogP contribution in [0.15, 0.2) is 0 Å². The molecule has 1 aliphatic rings. The van der Waals surface area contributed by atoms with Crippen molar-refractivity contribution in [2.45, 2.75) is 12.8 Å². The number of likely N-dealkylation sites (tertiary alicyclic amines) is 1. The summed E-state index contributed by atoms with van der Waals surface area (Å²) in [5.74, 6) is 0.689. The molecule has 0 aromatic carbocycles. The smallest absolute Gasteiger partial charge is 0.0635 e. The van der Waals surface area contributed by atoms with E-state index in [1.54, 1.807) is 7.11 Å². The Kier molecular flexibility index (Phi) is 4.06. The first-order valence-electron chi connectivity index (χ1n) is 4.45. The van der Waals surface area contributed by atoms with E-state index in [0.29, 0.717) is 12.3 Å². The van der Waals surface area contributed by atoms with Gasteiger partial charge in [0.2, 0.25) is 0 Å². The van der Waals surface area contributed by atoms with E-state index in [4.69, 9.17) is 10.00 Å². The monoisotopic (exact) mass is 168 g/mol. The first kappa shape index (κ1) is 9.50. The fourth-order valence-corrected chi connectivity index (χ4v) is 1.70. The Bertz CT molecular complexity index is 164. The van der Waals surface area contributed by atoms with Gasteiger partial charge in [-0.2, -0.15) is 5.26 Å². The molecule has 1 rings (SSSR count). The number of hydrogen-bond acceptors (Lipinski definition) is 3. The van der Waals surface area contributed by atoms with Crippen LogP contribution in [0.2, 0.25) is 0 Å². The average Bonchev–Trinajstić information content (AvgIpc) is 2.50. The zero-order chi connectivity index (χ0) is 8.81. The molecule has 1 heterocycles. The van der Waals surface area contributed by atoms with Crippen LogP contribution in [0.3, 0.4) is 0 Å². The third-order valence-corrected chi connectivity index (χ3v) is 2.31. The predicted molar refractivity (Wildman–Crippen MR) is 46.7 cm³/mol. The normalized spacial score (nSPS) is 24.2. The topological polar surface area (TPSA) is 36.3 Å². The number of nitrogens with zero attached hydrogens (tertiary/aromatic N) is 2. The van der Waals surface area contributed by atoms with Gasteiger partial charge < -0.3 is 9.64 Å². The van der Waals surface area contributed by atoms with E-state index >= 15 is 0 Å². The Balaban J connectivity index is 2.13. The van der Waals surface area contributed by atoms with Crippen molar-refractivity contribution >= 4 is 0 Å². The van der Waals surface area contributed by atoms with E-state index < -0.39 is 0 Å². The molecule has 1 saturated heterocycles. The number of rotatable bonds is 4. The minimum Gasteiger partial charge on any atom is -0.384 e. The summed E-state index contributed by atoms with van der Waals surface area (Å²) in [7, 11) is 1.75. The standard InChI is InChI=1S/C9H16N2O/c1-12-8-9-3-6-11(7-9)5-2-4-10/h9H,2-3,5-8H2,1H3. The first-order chi connectivity index (χ1) is 5.86. The van der Waals surface area contributed by atoms with Gasteiger partial charge >= 0.3 is 0 Å². The highest BCUT2D eigenvalue weighted by molar-refractivity contribution is 4.79. The lowest BCUT2D eigenvalue weighted by atomic mass is 10.1. The summed E-state index contributed by atoms with van der Waals surface area (Å²) in [6.45, 7) is 4.03. The second kappa shape index (κ2) is 5.13. The van der Waals surface area contributed by atoms with E-state index in [9.17, 15) is 0 Å². The molecule has 12 heavy (non-hydrogen) atoms. The zero-order valence-corrected chi connectivity index (χ0v) is 7.62. The fraction of sp³-hybridized carbons (Fsp3) is 0.889. The van der Waals surface area contributed by atoms with E-state index in [-0.39, 0.29) is 0 Å². The van der Waals surface area contributed by atoms with Gasteiger partial charge in [-0.3, -0.25) is 0 Å². The summed E-state index contributed by atoms with van der Waals surface area (Å²) < 4.78 is 5.09. The first-order valence-corrected chi connectivity index (χ1v) is 4.45. The van der Waals surface area contributed by atoms with E-state index in [1.807, 2.05) is 0 Å². The van der Waals surface area contributed by atoms with Crippen LogP contribution in [0, 0.1) is 17.2 Å². The van der Waals surface area contributed by atoms with Crippen LogP contribution in [0.5, 0.6) is 0 Å². The average molecular weight is 168 g/mol. The zero-order valence-electron chi connectivity index (χ0n) is 7.62. The number of methoxy groups -OCH3 is 1. The van der Waals surface area contributed by atoms with Crippen molar-refractivity contribution in [1.82, 2.24) is 4.90 Å². The Morgan fingerprint density at radius 3 is 3.17 bits per heavy atom. The summed E-state index contributed by atoms with van der Waals surface area (Å²) in [6, 6.07) is 2.17. The van der Waals surface area contributed by atoms with Gasteiger partial charge in [0.1, 0.15) is 0 Å². The molecule has 68 valence electrons. The van der Waals surface area contributed by atoms with E-state index in [2.05, 4.69) is 11.0 Å². The van der Waals surface area contributed by atoms with Crippen LogP contribution in [-0.4, -0.2) is 38.3 Å². The van der Waals surface area contributed by atoms with Gasteiger partial charge in [-0.25, -0.2) is 0 Å². The number of ether oxygens (including phenoxy) is 1. The van der Waals surface area contributed by atoms with Crippen molar-refractivity contribution < 1.29 is 4.74 Å². The fourth-order valence-electron chi connectivity index (χ4n) is 1.70. The second-order valence-corrected chi connectivity index (χ2v) is 3.32. The van der Waals surface area contributed by atoms with Crippen molar-refractivity contribution in [3.05, 3.63) is 0 Å². The molecule has 0 N–H and O–H groups in total. The summed E-state index contributed by atoms with van der Waals surface area (Å²) in [5.41, 5.74) is 0. The van der Waals surface area contributed by atoms with Crippen LogP contribution in [0.1, 0.15) is 12.8 Å². The Labute approximate surface area is 73.9 Å². The number of nitriles is 1. The highest BCUT2D eigenvalue weighted by atomic mass is 16.5. The van der Waals surface area contributed by atoms with Crippen molar-refractivity contribution in [1.29, 1.82) is 5.26 Å². The number of hydrogen-bond donors (Lipinski definition) is 0. The van der Waals surface area contributed by atoms with E-state index in [1.165, 1.54) is 6.42 Å². The summed E-state index contributed by atoms with van der Waals surface area (Å²) >= 11 is 0. The van der Waals surface area contributed by atoms with Crippen molar-refractivity contribution in [2.24, 2.45) is 5.92 Å². The molecule has 1 aliphatic heterocycles. The van der Waals surface area contributed by atoms with Crippen molar-refractivity contribution in [3.8, 4) is 6.07 Å². The van der Waals surface area contributed by atoms with Crippen LogP contribution >= 0.6 is 0 Å².